The van der Waals surface area contributed by atoms with Gasteiger partial charge in [0, 0.05) is 12.2 Å². The number of carbonyl (C=O) groups is 2. The highest BCUT2D eigenvalue weighted by Gasteiger charge is 2.21. The average molecular weight is 271 g/mol. The molecule has 0 aliphatic heterocycles. The number of amides is 2. The van der Waals surface area contributed by atoms with Gasteiger partial charge in [-0.05, 0) is 26.8 Å². The second-order valence-corrected chi connectivity index (χ2v) is 4.32. The van der Waals surface area contributed by atoms with Crippen molar-refractivity contribution in [1.29, 1.82) is 0 Å². The van der Waals surface area contributed by atoms with Crippen molar-refractivity contribution < 1.29 is 18.4 Å². The van der Waals surface area contributed by atoms with Gasteiger partial charge < -0.3 is 10.6 Å². The minimum atomic E-state index is -1.35. The van der Waals surface area contributed by atoms with Gasteiger partial charge in [0.1, 0.15) is 6.04 Å². The fourth-order valence-electron chi connectivity index (χ4n) is 1.34. The first-order valence-corrected chi connectivity index (χ1v) is 5.74. The molecule has 0 aliphatic rings. The van der Waals surface area contributed by atoms with Crippen LogP contribution in [0.3, 0.4) is 0 Å². The summed E-state index contributed by atoms with van der Waals surface area (Å²) < 4.78 is 26.2. The molecule has 104 valence electrons. The SMILES string of the molecule is CC(C)NC(=O)C(C)NC(=O)c1ccnc(F)c1F. The maximum absolute atomic E-state index is 13.3. The highest BCUT2D eigenvalue weighted by Crippen LogP contribution is 2.08. The minimum absolute atomic E-state index is 0.0815. The molecule has 2 amide bonds. The summed E-state index contributed by atoms with van der Waals surface area (Å²) in [5.41, 5.74) is -0.489. The zero-order valence-electron chi connectivity index (χ0n) is 10.8. The third-order valence-corrected chi connectivity index (χ3v) is 2.26. The lowest BCUT2D eigenvalue weighted by molar-refractivity contribution is -0.123. The van der Waals surface area contributed by atoms with E-state index in [2.05, 4.69) is 15.6 Å². The van der Waals surface area contributed by atoms with E-state index in [1.807, 2.05) is 0 Å². The molecule has 0 aromatic carbocycles. The Bertz CT molecular complexity index is 492. The smallest absolute Gasteiger partial charge is 0.255 e. The summed E-state index contributed by atoms with van der Waals surface area (Å²) in [6.45, 7) is 4.99. The Morgan fingerprint density at radius 3 is 2.42 bits per heavy atom. The van der Waals surface area contributed by atoms with Gasteiger partial charge in [0.25, 0.3) is 5.91 Å². The van der Waals surface area contributed by atoms with Crippen LogP contribution in [0.15, 0.2) is 12.3 Å². The van der Waals surface area contributed by atoms with Crippen LogP contribution in [0, 0.1) is 11.8 Å². The summed E-state index contributed by atoms with van der Waals surface area (Å²) in [6.07, 6.45) is 0.978. The van der Waals surface area contributed by atoms with Gasteiger partial charge in [-0.15, -0.1) is 0 Å². The first kappa shape index (κ1) is 15.0. The Labute approximate surface area is 109 Å². The monoisotopic (exact) mass is 271 g/mol. The number of pyridine rings is 1. The van der Waals surface area contributed by atoms with Crippen molar-refractivity contribution in [3.05, 3.63) is 29.6 Å². The fourth-order valence-corrected chi connectivity index (χ4v) is 1.34. The number of nitrogens with one attached hydrogen (secondary N) is 2. The van der Waals surface area contributed by atoms with Crippen molar-refractivity contribution in [1.82, 2.24) is 15.6 Å². The Hall–Kier alpha value is -2.05. The highest BCUT2D eigenvalue weighted by atomic mass is 19.2. The lowest BCUT2D eigenvalue weighted by Crippen LogP contribution is -2.47. The van der Waals surface area contributed by atoms with E-state index in [1.165, 1.54) is 6.92 Å². The summed E-state index contributed by atoms with van der Waals surface area (Å²) >= 11 is 0. The molecule has 1 rings (SSSR count). The predicted molar refractivity (Wildman–Crippen MR) is 64.4 cm³/mol. The van der Waals surface area contributed by atoms with E-state index in [0.29, 0.717) is 0 Å². The first-order chi connectivity index (χ1) is 8.82. The third-order valence-electron chi connectivity index (χ3n) is 2.26. The minimum Gasteiger partial charge on any atom is -0.352 e. The van der Waals surface area contributed by atoms with Gasteiger partial charge in [0.05, 0.1) is 5.56 Å². The average Bonchev–Trinajstić information content (AvgIpc) is 2.31. The van der Waals surface area contributed by atoms with Gasteiger partial charge in [0.15, 0.2) is 5.82 Å². The van der Waals surface area contributed by atoms with Crippen molar-refractivity contribution in [2.45, 2.75) is 32.9 Å². The molecule has 0 spiro atoms. The Balaban J connectivity index is 2.74. The maximum atomic E-state index is 13.3. The van der Waals surface area contributed by atoms with Gasteiger partial charge in [-0.1, -0.05) is 0 Å². The Kier molecular flexibility index (Phi) is 4.91. The van der Waals surface area contributed by atoms with Gasteiger partial charge in [-0.2, -0.15) is 4.39 Å². The Morgan fingerprint density at radius 1 is 1.21 bits per heavy atom. The highest BCUT2D eigenvalue weighted by molar-refractivity contribution is 5.97. The Morgan fingerprint density at radius 2 is 1.84 bits per heavy atom. The van der Waals surface area contributed by atoms with Gasteiger partial charge in [-0.3, -0.25) is 9.59 Å². The summed E-state index contributed by atoms with van der Waals surface area (Å²) in [5.74, 6) is -3.97. The van der Waals surface area contributed by atoms with Crippen LogP contribution in [0.2, 0.25) is 0 Å². The molecule has 19 heavy (non-hydrogen) atoms. The topological polar surface area (TPSA) is 71.1 Å². The molecule has 0 aliphatic carbocycles. The van der Waals surface area contributed by atoms with Crippen LogP contribution in [0.5, 0.6) is 0 Å². The molecule has 0 saturated carbocycles. The standard InChI is InChI=1S/C12H15F2N3O2/c1-6(2)16-11(18)7(3)17-12(19)8-4-5-15-10(14)9(8)13/h4-7H,1-3H3,(H,16,18)(H,17,19). The molecule has 0 bridgehead atoms. The van der Waals surface area contributed by atoms with Crippen molar-refractivity contribution in [3.63, 3.8) is 0 Å². The van der Waals surface area contributed by atoms with Crippen LogP contribution < -0.4 is 10.6 Å². The van der Waals surface area contributed by atoms with Crippen molar-refractivity contribution in [2.75, 3.05) is 0 Å². The van der Waals surface area contributed by atoms with Gasteiger partial charge >= 0.3 is 0 Å². The molecule has 2 N–H and O–H groups in total. The van der Waals surface area contributed by atoms with Crippen LogP contribution in [-0.2, 0) is 4.79 Å². The van der Waals surface area contributed by atoms with E-state index >= 15 is 0 Å². The molecular weight excluding hydrogens is 256 g/mol. The van der Waals surface area contributed by atoms with E-state index < -0.39 is 35.2 Å². The van der Waals surface area contributed by atoms with E-state index in [-0.39, 0.29) is 6.04 Å². The molecule has 0 fully saturated rings. The second kappa shape index (κ2) is 6.21. The van der Waals surface area contributed by atoms with E-state index in [1.54, 1.807) is 13.8 Å². The molecule has 1 aromatic rings. The molecular formula is C12H15F2N3O2. The van der Waals surface area contributed by atoms with Crippen molar-refractivity contribution in [2.24, 2.45) is 0 Å². The van der Waals surface area contributed by atoms with Crippen LogP contribution in [-0.4, -0.2) is 28.9 Å². The summed E-state index contributed by atoms with van der Waals surface area (Å²) in [7, 11) is 0. The summed E-state index contributed by atoms with van der Waals surface area (Å²) in [6, 6.07) is 0.105. The summed E-state index contributed by atoms with van der Waals surface area (Å²) in [5, 5.41) is 4.88. The van der Waals surface area contributed by atoms with Crippen LogP contribution >= 0.6 is 0 Å². The number of hydrogen-bond donors (Lipinski definition) is 2. The quantitative estimate of drug-likeness (QED) is 0.803. The van der Waals surface area contributed by atoms with E-state index in [0.717, 1.165) is 12.3 Å². The molecule has 1 aromatic heterocycles. The molecule has 7 heteroatoms. The first-order valence-electron chi connectivity index (χ1n) is 5.74. The van der Waals surface area contributed by atoms with Crippen molar-refractivity contribution in [3.8, 4) is 0 Å². The van der Waals surface area contributed by atoms with Crippen LogP contribution in [0.1, 0.15) is 31.1 Å². The van der Waals surface area contributed by atoms with Crippen LogP contribution in [0.4, 0.5) is 8.78 Å². The van der Waals surface area contributed by atoms with Gasteiger partial charge in [-0.25, -0.2) is 9.37 Å². The fraction of sp³-hybridized carbons (Fsp3) is 0.417. The lowest BCUT2D eigenvalue weighted by Gasteiger charge is -2.16. The predicted octanol–water partition coefficient (Wildman–Crippen LogP) is 1.00. The molecule has 0 radical (unpaired) electrons. The van der Waals surface area contributed by atoms with Gasteiger partial charge in [0.2, 0.25) is 11.9 Å². The van der Waals surface area contributed by atoms with Crippen molar-refractivity contribution >= 4 is 11.8 Å². The molecule has 1 unspecified atom stereocenters. The van der Waals surface area contributed by atoms with E-state index in [4.69, 9.17) is 0 Å². The van der Waals surface area contributed by atoms with E-state index in [9.17, 15) is 18.4 Å². The summed E-state index contributed by atoms with van der Waals surface area (Å²) in [4.78, 5) is 26.3. The number of rotatable bonds is 4. The molecule has 0 saturated heterocycles. The number of hydrogen-bond acceptors (Lipinski definition) is 3. The molecule has 1 atom stereocenters. The van der Waals surface area contributed by atoms with Crippen LogP contribution in [0.25, 0.3) is 0 Å². The number of nitrogens with zero attached hydrogens (tertiary/aromatic N) is 1. The number of aromatic nitrogens is 1. The second-order valence-electron chi connectivity index (χ2n) is 4.32. The molecule has 5 nitrogen and oxygen atoms in total. The molecule has 1 heterocycles. The number of halogens is 2. The normalized spacial score (nSPS) is 12.1. The lowest BCUT2D eigenvalue weighted by atomic mass is 10.2. The third kappa shape index (κ3) is 3.97. The zero-order chi connectivity index (χ0) is 14.6. The zero-order valence-corrected chi connectivity index (χ0v) is 10.8. The maximum Gasteiger partial charge on any atom is 0.255 e. The number of carbonyl (C=O) groups excluding carboxylic acids is 2. The largest absolute Gasteiger partial charge is 0.352 e.